The van der Waals surface area contributed by atoms with E-state index in [4.69, 9.17) is 4.74 Å². The first-order chi connectivity index (χ1) is 5.29. The van der Waals surface area contributed by atoms with Crippen LogP contribution < -0.4 is 5.32 Å². The molecule has 1 aliphatic heterocycles. The van der Waals surface area contributed by atoms with Gasteiger partial charge in [0.15, 0.2) is 5.78 Å². The fourth-order valence-electron chi connectivity index (χ4n) is 0.952. The lowest BCUT2D eigenvalue weighted by Crippen LogP contribution is -2.37. The minimum absolute atomic E-state index is 0.0687. The zero-order chi connectivity index (χ0) is 8.10. The number of allylic oxidation sites excluding steroid dienone is 1. The average molecular weight is 155 g/mol. The number of ketones is 1. The molecule has 3 nitrogen and oxygen atoms in total. The molecule has 1 atom stereocenters. The summed E-state index contributed by atoms with van der Waals surface area (Å²) >= 11 is 0. The highest BCUT2D eigenvalue weighted by atomic mass is 16.5. The van der Waals surface area contributed by atoms with Gasteiger partial charge < -0.3 is 10.1 Å². The van der Waals surface area contributed by atoms with Crippen molar-refractivity contribution in [3.05, 3.63) is 12.2 Å². The molecule has 1 fully saturated rings. The van der Waals surface area contributed by atoms with Crippen molar-refractivity contribution in [2.75, 3.05) is 19.7 Å². The van der Waals surface area contributed by atoms with Gasteiger partial charge in [-0.3, -0.25) is 4.79 Å². The van der Waals surface area contributed by atoms with Crippen LogP contribution in [0.2, 0.25) is 0 Å². The fourth-order valence-corrected chi connectivity index (χ4v) is 0.952. The molecular weight excluding hydrogens is 142 g/mol. The van der Waals surface area contributed by atoms with Crippen LogP contribution >= 0.6 is 0 Å². The Morgan fingerprint density at radius 2 is 2.55 bits per heavy atom. The van der Waals surface area contributed by atoms with E-state index in [2.05, 4.69) is 5.32 Å². The Hall–Kier alpha value is -0.670. The van der Waals surface area contributed by atoms with Crippen molar-refractivity contribution in [3.63, 3.8) is 0 Å². The lowest BCUT2D eigenvalue weighted by molar-refractivity contribution is -0.112. The molecule has 0 amide bonds. The van der Waals surface area contributed by atoms with Gasteiger partial charge in [0.25, 0.3) is 0 Å². The standard InChI is InChI=1S/C8H13NO2/c1-7(10)2-3-8-6-9-4-5-11-8/h2-3,8-9H,4-6H2,1H3/b3-2+. The molecule has 1 heterocycles. The lowest BCUT2D eigenvalue weighted by Gasteiger charge is -2.20. The Balaban J connectivity index is 2.29. The number of carbonyl (C=O) groups excluding carboxylic acids is 1. The Morgan fingerprint density at radius 1 is 1.73 bits per heavy atom. The van der Waals surface area contributed by atoms with E-state index in [1.165, 1.54) is 6.92 Å². The van der Waals surface area contributed by atoms with E-state index in [1.807, 2.05) is 0 Å². The zero-order valence-corrected chi connectivity index (χ0v) is 6.67. The van der Waals surface area contributed by atoms with Crippen LogP contribution in [0.25, 0.3) is 0 Å². The van der Waals surface area contributed by atoms with Crippen LogP contribution in [0.1, 0.15) is 6.92 Å². The third-order valence-corrected chi connectivity index (χ3v) is 1.50. The van der Waals surface area contributed by atoms with Crippen LogP contribution in [0.4, 0.5) is 0 Å². The summed E-state index contributed by atoms with van der Waals surface area (Å²) in [7, 11) is 0. The molecule has 0 bridgehead atoms. The van der Waals surface area contributed by atoms with Crippen molar-refractivity contribution in [2.45, 2.75) is 13.0 Å². The number of morpholine rings is 1. The minimum atomic E-state index is 0.0687. The molecule has 1 saturated heterocycles. The first-order valence-electron chi connectivity index (χ1n) is 3.80. The van der Waals surface area contributed by atoms with Gasteiger partial charge in [-0.2, -0.15) is 0 Å². The third-order valence-electron chi connectivity index (χ3n) is 1.50. The van der Waals surface area contributed by atoms with Crippen molar-refractivity contribution >= 4 is 5.78 Å². The maximum absolute atomic E-state index is 10.5. The van der Waals surface area contributed by atoms with Crippen molar-refractivity contribution in [3.8, 4) is 0 Å². The fraction of sp³-hybridized carbons (Fsp3) is 0.625. The first-order valence-corrected chi connectivity index (χ1v) is 3.80. The molecule has 1 rings (SSSR count). The molecule has 0 aromatic heterocycles. The Morgan fingerprint density at radius 3 is 3.09 bits per heavy atom. The van der Waals surface area contributed by atoms with Gasteiger partial charge in [0.1, 0.15) is 0 Å². The van der Waals surface area contributed by atoms with E-state index < -0.39 is 0 Å². The van der Waals surface area contributed by atoms with Gasteiger partial charge in [0.2, 0.25) is 0 Å². The Labute approximate surface area is 66.4 Å². The summed E-state index contributed by atoms with van der Waals surface area (Å²) in [5, 5.41) is 3.17. The van der Waals surface area contributed by atoms with Crippen LogP contribution in [-0.2, 0) is 9.53 Å². The maximum atomic E-state index is 10.5. The van der Waals surface area contributed by atoms with Gasteiger partial charge in [-0.15, -0.1) is 0 Å². The molecule has 11 heavy (non-hydrogen) atoms. The van der Waals surface area contributed by atoms with Gasteiger partial charge in [0, 0.05) is 13.1 Å². The predicted molar refractivity (Wildman–Crippen MR) is 42.4 cm³/mol. The second-order valence-electron chi connectivity index (χ2n) is 2.58. The molecule has 62 valence electrons. The van der Waals surface area contributed by atoms with E-state index >= 15 is 0 Å². The van der Waals surface area contributed by atoms with Gasteiger partial charge in [0.05, 0.1) is 12.7 Å². The monoisotopic (exact) mass is 155 g/mol. The molecule has 0 spiro atoms. The highest BCUT2D eigenvalue weighted by molar-refractivity contribution is 5.87. The molecule has 0 aromatic rings. The average Bonchev–Trinajstić information content (AvgIpc) is 2.03. The van der Waals surface area contributed by atoms with Gasteiger partial charge in [-0.05, 0) is 13.0 Å². The molecule has 1 N–H and O–H groups in total. The first kappa shape index (κ1) is 8.43. The van der Waals surface area contributed by atoms with Crippen LogP contribution in [0.15, 0.2) is 12.2 Å². The Bertz CT molecular complexity index is 159. The lowest BCUT2D eigenvalue weighted by atomic mass is 10.2. The number of hydrogen-bond acceptors (Lipinski definition) is 3. The molecule has 0 aromatic carbocycles. The van der Waals surface area contributed by atoms with Gasteiger partial charge in [-0.1, -0.05) is 6.08 Å². The topological polar surface area (TPSA) is 38.3 Å². The number of rotatable bonds is 2. The van der Waals surface area contributed by atoms with E-state index in [1.54, 1.807) is 12.2 Å². The summed E-state index contributed by atoms with van der Waals surface area (Å²) in [6.07, 6.45) is 3.43. The quantitative estimate of drug-likeness (QED) is 0.576. The summed E-state index contributed by atoms with van der Waals surface area (Å²) < 4.78 is 5.33. The number of hydrogen-bond donors (Lipinski definition) is 1. The molecule has 1 aliphatic rings. The van der Waals surface area contributed by atoms with Crippen LogP contribution in [0.5, 0.6) is 0 Å². The summed E-state index contributed by atoms with van der Waals surface area (Å²) in [4.78, 5) is 10.5. The molecular formula is C8H13NO2. The van der Waals surface area contributed by atoms with Crippen LogP contribution in [0.3, 0.4) is 0 Å². The SMILES string of the molecule is CC(=O)/C=C/C1CNCCO1. The highest BCUT2D eigenvalue weighted by Crippen LogP contribution is 1.97. The van der Waals surface area contributed by atoms with Crippen molar-refractivity contribution in [2.24, 2.45) is 0 Å². The van der Waals surface area contributed by atoms with Gasteiger partial charge >= 0.3 is 0 Å². The van der Waals surface area contributed by atoms with E-state index in [9.17, 15) is 4.79 Å². The summed E-state index contributed by atoms with van der Waals surface area (Å²) in [6, 6.07) is 0. The van der Waals surface area contributed by atoms with Crippen LogP contribution in [-0.4, -0.2) is 31.6 Å². The maximum Gasteiger partial charge on any atom is 0.152 e. The number of ether oxygens (including phenoxy) is 1. The highest BCUT2D eigenvalue weighted by Gasteiger charge is 2.08. The van der Waals surface area contributed by atoms with E-state index in [0.717, 1.165) is 19.7 Å². The number of carbonyl (C=O) groups is 1. The minimum Gasteiger partial charge on any atom is -0.371 e. The smallest absolute Gasteiger partial charge is 0.152 e. The normalized spacial score (nSPS) is 25.7. The van der Waals surface area contributed by atoms with E-state index in [-0.39, 0.29) is 11.9 Å². The second kappa shape index (κ2) is 4.26. The van der Waals surface area contributed by atoms with Crippen LogP contribution in [0, 0.1) is 0 Å². The summed E-state index contributed by atoms with van der Waals surface area (Å²) in [6.45, 7) is 3.98. The molecule has 0 aliphatic carbocycles. The third kappa shape index (κ3) is 3.30. The second-order valence-corrected chi connectivity index (χ2v) is 2.58. The molecule has 3 heteroatoms. The molecule has 0 radical (unpaired) electrons. The van der Waals surface area contributed by atoms with Crippen molar-refractivity contribution in [1.82, 2.24) is 5.32 Å². The van der Waals surface area contributed by atoms with Crippen molar-refractivity contribution < 1.29 is 9.53 Å². The zero-order valence-electron chi connectivity index (χ0n) is 6.67. The largest absolute Gasteiger partial charge is 0.371 e. The molecule has 0 saturated carbocycles. The summed E-state index contributed by atoms with van der Waals surface area (Å²) in [5.74, 6) is 0.0687. The van der Waals surface area contributed by atoms with Gasteiger partial charge in [-0.25, -0.2) is 0 Å². The summed E-state index contributed by atoms with van der Waals surface area (Å²) in [5.41, 5.74) is 0. The molecule has 1 unspecified atom stereocenters. The van der Waals surface area contributed by atoms with Crippen molar-refractivity contribution in [1.29, 1.82) is 0 Å². The number of nitrogens with one attached hydrogen (secondary N) is 1. The Kier molecular flexibility index (Phi) is 3.26. The predicted octanol–water partition coefficient (Wildman–Crippen LogP) is 0.120. The van der Waals surface area contributed by atoms with E-state index in [0.29, 0.717) is 0 Å².